The van der Waals surface area contributed by atoms with E-state index < -0.39 is 158 Å². The minimum atomic E-state index is -4.61. The Labute approximate surface area is 471 Å². The molecule has 0 unspecified atom stereocenters. The van der Waals surface area contributed by atoms with E-state index in [1.54, 1.807) is 53.7 Å². The van der Waals surface area contributed by atoms with E-state index in [4.69, 9.17) is 40.6 Å². The van der Waals surface area contributed by atoms with E-state index in [9.17, 15) is 12.0 Å². The van der Waals surface area contributed by atoms with Crippen molar-refractivity contribution in [2.24, 2.45) is 5.41 Å². The number of hydrogen-bond donors (Lipinski definition) is 1. The molecule has 0 aliphatic rings. The summed E-state index contributed by atoms with van der Waals surface area (Å²) in [6.45, 7) is -14.0. The number of para-hydroxylation sites is 1. The van der Waals surface area contributed by atoms with Gasteiger partial charge in [-0.3, -0.25) is 9.55 Å². The van der Waals surface area contributed by atoms with Crippen LogP contribution in [0.25, 0.3) is 72.7 Å². The van der Waals surface area contributed by atoms with Gasteiger partial charge in [0.1, 0.15) is 11.6 Å². The molecule has 0 aliphatic heterocycles. The number of fused-ring (bicyclic) bond motifs is 1. The van der Waals surface area contributed by atoms with Crippen LogP contribution in [0.15, 0.2) is 127 Å². The smallest absolute Gasteiger partial charge is 0.148 e. The summed E-state index contributed by atoms with van der Waals surface area (Å²) in [5, 5.41) is 13.3. The zero-order valence-electron chi connectivity index (χ0n) is 70.6. The molecule has 69 heavy (non-hydrogen) atoms. The second kappa shape index (κ2) is 18.6. The molecule has 8 aromatic rings. The largest absolute Gasteiger partial charge is 0.507 e. The van der Waals surface area contributed by atoms with Crippen molar-refractivity contribution in [2.75, 3.05) is 0 Å². The van der Waals surface area contributed by atoms with Crippen LogP contribution in [-0.2, 0) is 49.1 Å². The third-order valence-electron chi connectivity index (χ3n) is 11.3. The summed E-state index contributed by atoms with van der Waals surface area (Å²) < 4.78 is 278. The molecule has 2 heterocycles. The van der Waals surface area contributed by atoms with Crippen molar-refractivity contribution >= 4 is 11.0 Å². The van der Waals surface area contributed by atoms with Gasteiger partial charge in [-0.1, -0.05) is 193 Å². The van der Waals surface area contributed by atoms with E-state index in [-0.39, 0.29) is 94.0 Å². The summed E-state index contributed by atoms with van der Waals surface area (Å²) in [7, 11) is 0. The van der Waals surface area contributed by atoms with E-state index in [1.807, 2.05) is 20.8 Å². The van der Waals surface area contributed by atoms with Crippen LogP contribution >= 0.6 is 0 Å². The second-order valence-corrected chi connectivity index (χ2v) is 20.1. The number of hydrogen-bond acceptors (Lipinski definition) is 3. The summed E-state index contributed by atoms with van der Waals surface area (Å²) in [6.07, 6.45) is -0.751. The van der Waals surface area contributed by atoms with Crippen LogP contribution in [0.5, 0.6) is 5.75 Å². The number of pyridine rings is 1. The Balaban J connectivity index is 0.0000140. The molecule has 0 radical (unpaired) electrons. The van der Waals surface area contributed by atoms with Crippen molar-refractivity contribution in [3.63, 3.8) is 0 Å². The summed E-state index contributed by atoms with van der Waals surface area (Å²) in [6, 6.07) is 12.5. The van der Waals surface area contributed by atoms with Crippen LogP contribution in [0.3, 0.4) is 0 Å². The average Bonchev–Trinajstić information content (AvgIpc) is 0.848. The number of rotatable bonds is 7. The van der Waals surface area contributed by atoms with Crippen molar-refractivity contribution in [1.29, 1.82) is 0 Å². The predicted octanol–water partition coefficient (Wildman–Crippen LogP) is 17.3. The number of phenols is 1. The molecular formula is C64H72N3OPt-. The third-order valence-corrected chi connectivity index (χ3v) is 11.3. The predicted molar refractivity (Wildman–Crippen MR) is 289 cm³/mol. The molecule has 5 heteroatoms. The van der Waals surface area contributed by atoms with E-state index in [2.05, 4.69) is 11.1 Å². The van der Waals surface area contributed by atoms with Gasteiger partial charge in [0.25, 0.3) is 0 Å². The molecular weight excluding hydrogens is 1020 g/mol. The van der Waals surface area contributed by atoms with Crippen LogP contribution in [0.2, 0.25) is 0 Å². The van der Waals surface area contributed by atoms with Gasteiger partial charge >= 0.3 is 0 Å². The number of aromatic hydroxyl groups is 1. The van der Waals surface area contributed by atoms with Gasteiger partial charge in [0.15, 0.2) is 0 Å². The van der Waals surface area contributed by atoms with Crippen molar-refractivity contribution in [1.82, 2.24) is 14.5 Å². The molecule has 0 fully saturated rings. The SMILES string of the molecule is [2H]c1cc(C([2H])([2H])C(C)(C)C)cc(C([2H])([2H])[2H])c1-c1ccnc(-c2[c-]c(-c3cccc4c3nc(-c3c([2H])c(C(C([2H])([2H])[2H])(C([2H])([2H])[2H])C([2H])([2H])[2H])c([2H])c(C(C([2H])([2H])[2H])(C([2H])([2H])[2H])C([2H])([2H])[2H])c3O)n4-c3ccc(C(C)(C)C)cc3-c3c([2H])c([2H])c([2H])c([2H])c3[2H])cc(C(C)(C)C)c2)c1.[Pt]. The zero-order chi connectivity index (χ0) is 75.6. The molecule has 6 aromatic carbocycles. The first-order valence-electron chi connectivity index (χ1n) is 37.3. The van der Waals surface area contributed by atoms with Crippen LogP contribution in [0.1, 0.15) is 179 Å². The summed E-state index contributed by atoms with van der Waals surface area (Å²) >= 11 is 0. The quantitative estimate of drug-likeness (QED) is 0.162. The van der Waals surface area contributed by atoms with E-state index in [0.717, 1.165) is 4.57 Å². The first-order chi connectivity index (χ1) is 44.5. The van der Waals surface area contributed by atoms with Crippen LogP contribution in [0, 0.1) is 18.3 Å². The van der Waals surface area contributed by atoms with Gasteiger partial charge in [-0.25, -0.2) is 4.98 Å². The topological polar surface area (TPSA) is 50.9 Å². The van der Waals surface area contributed by atoms with E-state index in [1.165, 1.54) is 66.9 Å². The normalized spacial score (nSPS) is 20.7. The average molecular weight is 1130 g/mol. The van der Waals surface area contributed by atoms with E-state index in [0.29, 0.717) is 11.1 Å². The molecule has 0 saturated heterocycles. The van der Waals surface area contributed by atoms with Gasteiger partial charge in [0.2, 0.25) is 0 Å². The van der Waals surface area contributed by atoms with Crippen LogP contribution in [0.4, 0.5) is 0 Å². The molecule has 2 aromatic heterocycles. The Morgan fingerprint density at radius 3 is 2.03 bits per heavy atom. The number of imidazole rings is 1. The fourth-order valence-corrected chi connectivity index (χ4v) is 7.92. The Hall–Kier alpha value is -5.57. The fourth-order valence-electron chi connectivity index (χ4n) is 7.92. The summed E-state index contributed by atoms with van der Waals surface area (Å²) in [4.78, 5) is 9.64. The van der Waals surface area contributed by atoms with Gasteiger partial charge in [-0.15, -0.1) is 29.3 Å². The molecule has 0 spiro atoms. The van der Waals surface area contributed by atoms with Gasteiger partial charge in [-0.05, 0) is 110 Å². The maximum Gasteiger partial charge on any atom is 0.148 e. The fraction of sp³-hybridized carbons (Fsp3) is 0.344. The van der Waals surface area contributed by atoms with Gasteiger partial charge in [0.05, 0.1) is 33.3 Å². The Kier molecular flexibility index (Phi) is 6.62. The third kappa shape index (κ3) is 10.8. The molecule has 8 rings (SSSR count). The number of phenolic OH excluding ortho intramolecular Hbond substituents is 1. The zero-order valence-corrected chi connectivity index (χ0v) is 41.9. The Morgan fingerprint density at radius 2 is 1.36 bits per heavy atom. The van der Waals surface area contributed by atoms with Crippen molar-refractivity contribution in [2.45, 2.75) is 138 Å². The van der Waals surface area contributed by atoms with Crippen LogP contribution < -0.4 is 0 Å². The molecule has 0 amide bonds. The number of aromatic nitrogens is 3. The standard InChI is InChI=1S/C64H72N3O.Pt/c1-40-31-41(39-60(2,3)4)25-27-49(40)43-29-30-65-54(35-43)45-32-44(33-47(34-45)62(8,9)10)50-23-20-24-56-57(50)66-59(52-37-48(63(11,12)13)38-53(58(52)68)64(14,15)16)67(56)55-28-26-46(61(5,6)7)36-51(55)42-21-18-17-19-22-42;/h17-31,33-38,68H,39H2,1-16H3;/q-1;/i1D3,11D3,12D3,13D3,14D3,15D3,16D3,17D,18D,19D,21D,22D,27D,37D,38D,39D2;. The minimum absolute atomic E-state index is 0. The first-order valence-corrected chi connectivity index (χ1v) is 21.8. The molecule has 0 bridgehead atoms. The summed E-state index contributed by atoms with van der Waals surface area (Å²) in [5.41, 5.74) is -17.7. The summed E-state index contributed by atoms with van der Waals surface area (Å²) in [5.74, 6) is -2.92. The van der Waals surface area contributed by atoms with Gasteiger partial charge in [-0.2, -0.15) is 0 Å². The van der Waals surface area contributed by atoms with Gasteiger partial charge < -0.3 is 5.11 Å². The number of nitrogens with zero attached hydrogens (tertiary/aromatic N) is 3. The number of aryl methyl sites for hydroxylation is 1. The molecule has 1 N–H and O–H groups in total. The maximum atomic E-state index is 13.3. The second-order valence-electron chi connectivity index (χ2n) is 20.1. The van der Waals surface area contributed by atoms with Crippen LogP contribution in [-0.4, -0.2) is 19.6 Å². The van der Waals surface area contributed by atoms with Crippen molar-refractivity contribution < 1.29 is 68.7 Å². The Morgan fingerprint density at radius 1 is 0.652 bits per heavy atom. The minimum Gasteiger partial charge on any atom is -0.507 e. The monoisotopic (exact) mass is 1120 g/mol. The maximum absolute atomic E-state index is 13.3. The van der Waals surface area contributed by atoms with Crippen molar-refractivity contribution in [3.05, 3.63) is 167 Å². The molecule has 360 valence electrons. The first kappa shape index (κ1) is 24.5. The van der Waals surface area contributed by atoms with E-state index >= 15 is 0 Å². The van der Waals surface area contributed by atoms with Gasteiger partial charge in [0, 0.05) is 75.6 Å². The van der Waals surface area contributed by atoms with Crippen molar-refractivity contribution in [3.8, 4) is 67.5 Å². The number of benzene rings is 6. The Bertz CT molecular complexity index is 4370. The molecule has 4 nitrogen and oxygen atoms in total. The molecule has 0 atom stereocenters. The molecule has 0 saturated carbocycles. The molecule has 0 aliphatic carbocycles.